The van der Waals surface area contributed by atoms with Crippen molar-refractivity contribution in [2.24, 2.45) is 4.99 Å². The van der Waals surface area contributed by atoms with Gasteiger partial charge in [0.25, 0.3) is 15.9 Å². The van der Waals surface area contributed by atoms with Crippen molar-refractivity contribution < 1.29 is 26.9 Å². The summed E-state index contributed by atoms with van der Waals surface area (Å²) >= 11 is 0. The van der Waals surface area contributed by atoms with Crippen molar-refractivity contribution in [1.29, 1.82) is 0 Å². The molecule has 2 aromatic carbocycles. The Bertz CT molecular complexity index is 1340. The van der Waals surface area contributed by atoms with Gasteiger partial charge in [-0.15, -0.1) is 0 Å². The number of hydrogen-bond donors (Lipinski definition) is 1. The number of carbonyl (C=O) groups excluding carboxylic acids is 1. The van der Waals surface area contributed by atoms with E-state index in [1.165, 1.54) is 19.1 Å². The molecule has 1 aliphatic rings. The van der Waals surface area contributed by atoms with Gasteiger partial charge >= 0.3 is 5.97 Å². The van der Waals surface area contributed by atoms with E-state index in [1.54, 1.807) is 44.2 Å². The van der Waals surface area contributed by atoms with Gasteiger partial charge < -0.3 is 9.26 Å². The smallest absolute Gasteiger partial charge is 0.331 e. The highest BCUT2D eigenvalue weighted by molar-refractivity contribution is 7.90. The molecule has 11 heteroatoms. The first-order chi connectivity index (χ1) is 15.2. The van der Waals surface area contributed by atoms with Gasteiger partial charge in [0.15, 0.2) is 6.10 Å². The maximum absolute atomic E-state index is 13.8. The summed E-state index contributed by atoms with van der Waals surface area (Å²) in [5.41, 5.74) is 1.29. The minimum absolute atomic E-state index is 0.0288. The summed E-state index contributed by atoms with van der Waals surface area (Å²) in [6.45, 7) is 4.66. The lowest BCUT2D eigenvalue weighted by atomic mass is 10.1. The van der Waals surface area contributed by atoms with Gasteiger partial charge in [0.1, 0.15) is 17.7 Å². The van der Waals surface area contributed by atoms with Crippen molar-refractivity contribution in [1.82, 2.24) is 14.9 Å². The summed E-state index contributed by atoms with van der Waals surface area (Å²) in [4.78, 5) is 20.9. The third-order valence-corrected chi connectivity index (χ3v) is 6.24. The van der Waals surface area contributed by atoms with Crippen LogP contribution in [0.2, 0.25) is 0 Å². The van der Waals surface area contributed by atoms with Crippen LogP contribution in [0.15, 0.2) is 56.9 Å². The maximum atomic E-state index is 13.8. The SMILES string of the molecule is Cc1ccc(-c2noc(C(C)OC(=O)[C@H](C)N=C3NS(=O)(=O)c4ccccc43)n2)cc1F. The van der Waals surface area contributed by atoms with Crippen molar-refractivity contribution >= 4 is 21.8 Å². The average Bonchev–Trinajstić information content (AvgIpc) is 3.34. The fourth-order valence-corrected chi connectivity index (χ4v) is 4.29. The molecule has 4 rings (SSSR count). The molecule has 2 atom stereocenters. The van der Waals surface area contributed by atoms with Gasteiger partial charge in [-0.3, -0.25) is 9.71 Å². The third kappa shape index (κ3) is 4.11. The number of nitrogens with one attached hydrogen (secondary N) is 1. The van der Waals surface area contributed by atoms with Gasteiger partial charge in [-0.2, -0.15) is 4.98 Å². The van der Waals surface area contributed by atoms with E-state index in [-0.39, 0.29) is 22.4 Å². The minimum Gasteiger partial charge on any atom is -0.451 e. The number of fused-ring (bicyclic) bond motifs is 1. The molecule has 1 unspecified atom stereocenters. The molecule has 9 nitrogen and oxygen atoms in total. The predicted octanol–water partition coefficient (Wildman–Crippen LogP) is 2.92. The lowest BCUT2D eigenvalue weighted by Crippen LogP contribution is -2.27. The summed E-state index contributed by atoms with van der Waals surface area (Å²) in [6, 6.07) is 9.87. The lowest BCUT2D eigenvalue weighted by Gasteiger charge is -2.12. The van der Waals surface area contributed by atoms with E-state index in [1.807, 2.05) is 0 Å². The Labute approximate surface area is 183 Å². The van der Waals surface area contributed by atoms with Crippen LogP contribution in [-0.2, 0) is 19.6 Å². The molecule has 0 spiro atoms. The Morgan fingerprint density at radius 2 is 1.97 bits per heavy atom. The molecular formula is C21H19FN4O5S. The van der Waals surface area contributed by atoms with Crippen LogP contribution in [0.25, 0.3) is 11.4 Å². The quantitative estimate of drug-likeness (QED) is 0.583. The molecule has 0 aliphatic carbocycles. The summed E-state index contributed by atoms with van der Waals surface area (Å²) in [5, 5.41) is 3.81. The standard InChI is InChI=1S/C21H19FN4O5S/c1-11-8-9-14(10-16(11)22)18-24-20(31-25-18)13(3)30-21(27)12(2)23-19-15-6-4-5-7-17(15)32(28,29)26-19/h4-10,12-13H,1-3H3,(H,23,26)/t12-,13?/m0/s1. The number of hydrogen-bond acceptors (Lipinski definition) is 8. The Kier molecular flexibility index (Phi) is 5.51. The van der Waals surface area contributed by atoms with E-state index < -0.39 is 34.0 Å². The van der Waals surface area contributed by atoms with Crippen LogP contribution in [0.3, 0.4) is 0 Å². The molecule has 166 valence electrons. The molecule has 2 heterocycles. The number of esters is 1. The van der Waals surface area contributed by atoms with Crippen molar-refractivity contribution in [2.45, 2.75) is 37.8 Å². The average molecular weight is 458 g/mol. The number of benzene rings is 2. The van der Waals surface area contributed by atoms with Gasteiger partial charge in [-0.1, -0.05) is 29.4 Å². The number of halogens is 1. The lowest BCUT2D eigenvalue weighted by molar-refractivity contribution is -0.150. The van der Waals surface area contributed by atoms with E-state index in [4.69, 9.17) is 9.26 Å². The van der Waals surface area contributed by atoms with Crippen LogP contribution >= 0.6 is 0 Å². The Balaban J connectivity index is 1.47. The number of ether oxygens (including phenoxy) is 1. The zero-order chi connectivity index (χ0) is 23.0. The highest BCUT2D eigenvalue weighted by Gasteiger charge is 2.31. The fraction of sp³-hybridized carbons (Fsp3) is 0.238. The van der Waals surface area contributed by atoms with E-state index in [9.17, 15) is 17.6 Å². The molecule has 0 amide bonds. The highest BCUT2D eigenvalue weighted by atomic mass is 32.2. The Morgan fingerprint density at radius 3 is 2.72 bits per heavy atom. The molecule has 32 heavy (non-hydrogen) atoms. The number of nitrogens with zero attached hydrogens (tertiary/aromatic N) is 3. The first-order valence-electron chi connectivity index (χ1n) is 9.66. The topological polar surface area (TPSA) is 124 Å². The van der Waals surface area contributed by atoms with E-state index in [2.05, 4.69) is 19.9 Å². The minimum atomic E-state index is -3.71. The fourth-order valence-electron chi connectivity index (χ4n) is 3.05. The number of carbonyl (C=O) groups is 1. The summed E-state index contributed by atoms with van der Waals surface area (Å²) in [7, 11) is -3.71. The number of aliphatic imine (C=N–C) groups is 1. The second-order valence-corrected chi connectivity index (χ2v) is 8.91. The normalized spacial score (nSPS) is 17.4. The van der Waals surface area contributed by atoms with Crippen molar-refractivity contribution in [3.05, 3.63) is 65.3 Å². The van der Waals surface area contributed by atoms with Crippen LogP contribution < -0.4 is 4.72 Å². The molecule has 0 saturated carbocycles. The van der Waals surface area contributed by atoms with Gasteiger partial charge in [0.2, 0.25) is 5.82 Å². The van der Waals surface area contributed by atoms with Crippen LogP contribution in [0.1, 0.15) is 37.0 Å². The van der Waals surface area contributed by atoms with Gasteiger partial charge in [0.05, 0.1) is 4.90 Å². The molecular weight excluding hydrogens is 439 g/mol. The molecule has 0 saturated heterocycles. The zero-order valence-corrected chi connectivity index (χ0v) is 18.2. The maximum Gasteiger partial charge on any atom is 0.331 e. The summed E-state index contributed by atoms with van der Waals surface area (Å²) < 4.78 is 51.0. The van der Waals surface area contributed by atoms with E-state index in [0.717, 1.165) is 0 Å². The van der Waals surface area contributed by atoms with Gasteiger partial charge in [-0.25, -0.2) is 17.6 Å². The van der Waals surface area contributed by atoms with Crippen molar-refractivity contribution in [2.75, 3.05) is 0 Å². The largest absolute Gasteiger partial charge is 0.451 e. The first kappa shape index (κ1) is 21.6. The molecule has 1 N–H and O–H groups in total. The Morgan fingerprint density at radius 1 is 1.22 bits per heavy atom. The van der Waals surface area contributed by atoms with Gasteiger partial charge in [0, 0.05) is 11.1 Å². The second-order valence-electron chi connectivity index (χ2n) is 7.25. The third-order valence-electron chi connectivity index (χ3n) is 4.84. The van der Waals surface area contributed by atoms with E-state index >= 15 is 0 Å². The van der Waals surface area contributed by atoms with Crippen molar-refractivity contribution in [3.8, 4) is 11.4 Å². The second kappa shape index (κ2) is 8.15. The van der Waals surface area contributed by atoms with E-state index in [0.29, 0.717) is 16.7 Å². The monoisotopic (exact) mass is 458 g/mol. The molecule has 0 fully saturated rings. The number of amidine groups is 1. The first-order valence-corrected chi connectivity index (χ1v) is 11.1. The number of aryl methyl sites for hydroxylation is 1. The van der Waals surface area contributed by atoms with Crippen LogP contribution in [0, 0.1) is 12.7 Å². The number of rotatable bonds is 5. The Hall–Kier alpha value is -3.60. The molecule has 1 aliphatic heterocycles. The highest BCUT2D eigenvalue weighted by Crippen LogP contribution is 2.24. The van der Waals surface area contributed by atoms with Crippen LogP contribution in [0.5, 0.6) is 0 Å². The molecule has 3 aromatic rings. The molecule has 0 radical (unpaired) electrons. The van der Waals surface area contributed by atoms with Gasteiger partial charge in [-0.05, 0) is 44.5 Å². The number of aromatic nitrogens is 2. The molecule has 0 bridgehead atoms. The predicted molar refractivity (Wildman–Crippen MR) is 112 cm³/mol. The summed E-state index contributed by atoms with van der Waals surface area (Å²) in [6.07, 6.45) is -0.894. The van der Waals surface area contributed by atoms with Crippen LogP contribution in [0.4, 0.5) is 4.39 Å². The van der Waals surface area contributed by atoms with Crippen molar-refractivity contribution in [3.63, 3.8) is 0 Å². The number of sulfonamides is 1. The zero-order valence-electron chi connectivity index (χ0n) is 17.4. The van der Waals surface area contributed by atoms with Crippen LogP contribution in [-0.4, -0.2) is 36.4 Å². The summed E-state index contributed by atoms with van der Waals surface area (Å²) in [5.74, 6) is -0.854. The molecule has 1 aromatic heterocycles.